The van der Waals surface area contributed by atoms with Gasteiger partial charge in [-0.1, -0.05) is 39.0 Å². The Morgan fingerprint density at radius 2 is 1.72 bits per heavy atom. The van der Waals surface area contributed by atoms with E-state index in [4.69, 9.17) is 13.6 Å². The zero-order valence-electron chi connectivity index (χ0n) is 15.8. The SMILES string of the molecule is C[SiH](C)OC(CCOc1ccc2oc3ccccc3c2c1)C(C)(C)C. The fraction of sp³-hybridized carbons (Fsp3) is 0.429. The van der Waals surface area contributed by atoms with Crippen LogP contribution < -0.4 is 4.74 Å². The summed E-state index contributed by atoms with van der Waals surface area (Å²) < 4.78 is 18.1. The standard InChI is InChI=1S/C21H28O3Si/c1-21(2,3)20(24-25(4)5)12-13-22-15-10-11-19-17(14-15)16-8-6-7-9-18(16)23-19/h6-11,14,20,25H,12-13H2,1-5H3. The molecule has 0 amide bonds. The molecule has 0 aliphatic carbocycles. The van der Waals surface area contributed by atoms with E-state index in [9.17, 15) is 0 Å². The number of benzene rings is 2. The van der Waals surface area contributed by atoms with Gasteiger partial charge in [0.05, 0.1) is 12.7 Å². The molecular formula is C21H28O3Si. The molecule has 1 unspecified atom stereocenters. The van der Waals surface area contributed by atoms with E-state index in [1.165, 1.54) is 0 Å². The third-order valence-corrected chi connectivity index (χ3v) is 5.27. The van der Waals surface area contributed by atoms with Crippen molar-refractivity contribution >= 4 is 31.0 Å². The molecule has 1 aromatic heterocycles. The molecule has 0 aliphatic rings. The molecule has 3 rings (SSSR count). The van der Waals surface area contributed by atoms with Crippen molar-refractivity contribution in [2.75, 3.05) is 6.61 Å². The third-order valence-electron chi connectivity index (χ3n) is 4.40. The van der Waals surface area contributed by atoms with E-state index in [2.05, 4.69) is 46.0 Å². The molecule has 0 radical (unpaired) electrons. The number of para-hydroxylation sites is 1. The van der Waals surface area contributed by atoms with E-state index in [0.29, 0.717) is 6.61 Å². The van der Waals surface area contributed by atoms with Crippen LogP contribution in [0.25, 0.3) is 21.9 Å². The first-order chi connectivity index (χ1) is 11.8. The summed E-state index contributed by atoms with van der Waals surface area (Å²) in [6.07, 6.45) is 1.14. The van der Waals surface area contributed by atoms with E-state index < -0.39 is 9.04 Å². The Morgan fingerprint density at radius 1 is 1.00 bits per heavy atom. The summed E-state index contributed by atoms with van der Waals surface area (Å²) in [5, 5.41) is 2.23. The second kappa shape index (κ2) is 7.22. The number of hydrogen-bond donors (Lipinski definition) is 0. The van der Waals surface area contributed by atoms with Gasteiger partial charge < -0.3 is 13.6 Å². The number of ether oxygens (including phenoxy) is 1. The molecule has 0 saturated carbocycles. The Kier molecular flexibility index (Phi) is 5.20. The molecule has 1 atom stereocenters. The Hall–Kier alpha value is -1.78. The summed E-state index contributed by atoms with van der Waals surface area (Å²) in [6, 6.07) is 14.2. The lowest BCUT2D eigenvalue weighted by Crippen LogP contribution is -2.34. The van der Waals surface area contributed by atoms with Crippen molar-refractivity contribution < 1.29 is 13.6 Å². The van der Waals surface area contributed by atoms with Crippen molar-refractivity contribution in [3.8, 4) is 5.75 Å². The van der Waals surface area contributed by atoms with Crippen LogP contribution in [0.2, 0.25) is 13.1 Å². The van der Waals surface area contributed by atoms with Crippen LogP contribution in [-0.2, 0) is 4.43 Å². The Balaban J connectivity index is 1.71. The summed E-state index contributed by atoms with van der Waals surface area (Å²) in [7, 11) is -1.07. The molecule has 2 aromatic carbocycles. The highest BCUT2D eigenvalue weighted by molar-refractivity contribution is 6.48. The molecule has 134 valence electrons. The summed E-state index contributed by atoms with van der Waals surface area (Å²) >= 11 is 0. The highest BCUT2D eigenvalue weighted by Gasteiger charge is 2.26. The average molecular weight is 357 g/mol. The van der Waals surface area contributed by atoms with Crippen molar-refractivity contribution in [1.82, 2.24) is 0 Å². The van der Waals surface area contributed by atoms with Gasteiger partial charge in [0.25, 0.3) is 0 Å². The van der Waals surface area contributed by atoms with E-state index in [1.807, 2.05) is 30.3 Å². The zero-order chi connectivity index (χ0) is 18.0. The highest BCUT2D eigenvalue weighted by Crippen LogP contribution is 2.31. The van der Waals surface area contributed by atoms with Crippen molar-refractivity contribution in [3.05, 3.63) is 42.5 Å². The van der Waals surface area contributed by atoms with Crippen LogP contribution >= 0.6 is 0 Å². The summed E-state index contributed by atoms with van der Waals surface area (Å²) in [5.74, 6) is 0.883. The smallest absolute Gasteiger partial charge is 0.171 e. The van der Waals surface area contributed by atoms with Crippen molar-refractivity contribution in [3.63, 3.8) is 0 Å². The van der Waals surface area contributed by atoms with Gasteiger partial charge in [-0.25, -0.2) is 0 Å². The van der Waals surface area contributed by atoms with Gasteiger partial charge in [0.1, 0.15) is 16.9 Å². The fourth-order valence-electron chi connectivity index (χ4n) is 3.11. The molecule has 4 heteroatoms. The first-order valence-corrected chi connectivity index (χ1v) is 11.8. The van der Waals surface area contributed by atoms with Gasteiger partial charge in [-0.3, -0.25) is 0 Å². The quantitative estimate of drug-likeness (QED) is 0.525. The Bertz CT molecular complexity index is 845. The molecule has 25 heavy (non-hydrogen) atoms. The average Bonchev–Trinajstić information content (AvgIpc) is 2.91. The summed E-state index contributed by atoms with van der Waals surface area (Å²) in [6.45, 7) is 11.8. The third kappa shape index (κ3) is 4.25. The Labute approximate surface area is 151 Å². The van der Waals surface area contributed by atoms with Gasteiger partial charge >= 0.3 is 0 Å². The lowest BCUT2D eigenvalue weighted by Gasteiger charge is -2.32. The van der Waals surface area contributed by atoms with Crippen LogP contribution in [0.15, 0.2) is 46.9 Å². The predicted molar refractivity (Wildman–Crippen MR) is 107 cm³/mol. The molecule has 0 aliphatic heterocycles. The molecule has 1 heterocycles. The highest BCUT2D eigenvalue weighted by atomic mass is 28.3. The molecule has 0 saturated heterocycles. The molecular weight excluding hydrogens is 328 g/mol. The van der Waals surface area contributed by atoms with Crippen molar-refractivity contribution in [1.29, 1.82) is 0 Å². The van der Waals surface area contributed by atoms with E-state index >= 15 is 0 Å². The van der Waals surface area contributed by atoms with Gasteiger partial charge in [0.2, 0.25) is 0 Å². The molecule has 0 spiro atoms. The minimum absolute atomic E-state index is 0.130. The van der Waals surface area contributed by atoms with Crippen LogP contribution in [0.3, 0.4) is 0 Å². The summed E-state index contributed by atoms with van der Waals surface area (Å²) in [5.41, 5.74) is 1.94. The van der Waals surface area contributed by atoms with Gasteiger partial charge in [-0.05, 0) is 42.8 Å². The second-order valence-corrected chi connectivity index (χ2v) is 10.3. The Morgan fingerprint density at radius 3 is 2.44 bits per heavy atom. The van der Waals surface area contributed by atoms with Crippen LogP contribution in [0.5, 0.6) is 5.75 Å². The van der Waals surface area contributed by atoms with Crippen molar-refractivity contribution in [2.45, 2.75) is 46.4 Å². The molecule has 0 fully saturated rings. The van der Waals surface area contributed by atoms with Crippen molar-refractivity contribution in [2.24, 2.45) is 5.41 Å². The maximum Gasteiger partial charge on any atom is 0.171 e. The minimum atomic E-state index is -1.07. The van der Waals surface area contributed by atoms with Gasteiger partial charge in [0.15, 0.2) is 9.04 Å². The van der Waals surface area contributed by atoms with Crippen LogP contribution in [0, 0.1) is 5.41 Å². The molecule has 0 bridgehead atoms. The second-order valence-electron chi connectivity index (χ2n) is 7.93. The number of fused-ring (bicyclic) bond motifs is 3. The van der Waals surface area contributed by atoms with E-state index in [0.717, 1.165) is 34.1 Å². The van der Waals surface area contributed by atoms with E-state index in [-0.39, 0.29) is 11.5 Å². The molecule has 3 nitrogen and oxygen atoms in total. The number of furan rings is 1. The van der Waals surface area contributed by atoms with Crippen LogP contribution in [0.1, 0.15) is 27.2 Å². The maximum absolute atomic E-state index is 6.21. The van der Waals surface area contributed by atoms with Gasteiger partial charge in [-0.15, -0.1) is 0 Å². The minimum Gasteiger partial charge on any atom is -0.493 e. The van der Waals surface area contributed by atoms with Gasteiger partial charge in [0, 0.05) is 17.2 Å². The molecule has 3 aromatic rings. The lowest BCUT2D eigenvalue weighted by molar-refractivity contribution is 0.0646. The van der Waals surface area contributed by atoms with Crippen LogP contribution in [0.4, 0.5) is 0 Å². The first kappa shape index (κ1) is 18.0. The van der Waals surface area contributed by atoms with Gasteiger partial charge in [-0.2, -0.15) is 0 Å². The predicted octanol–water partition coefficient (Wildman–Crippen LogP) is 5.77. The molecule has 0 N–H and O–H groups in total. The normalized spacial score (nSPS) is 13.7. The van der Waals surface area contributed by atoms with E-state index in [1.54, 1.807) is 0 Å². The topological polar surface area (TPSA) is 31.6 Å². The zero-order valence-corrected chi connectivity index (χ0v) is 17.0. The maximum atomic E-state index is 6.21. The largest absolute Gasteiger partial charge is 0.493 e. The summed E-state index contributed by atoms with van der Waals surface area (Å²) in [4.78, 5) is 0. The lowest BCUT2D eigenvalue weighted by atomic mass is 9.87. The first-order valence-electron chi connectivity index (χ1n) is 9.04. The van der Waals surface area contributed by atoms with Crippen LogP contribution in [-0.4, -0.2) is 21.8 Å². The number of hydrogen-bond acceptors (Lipinski definition) is 3. The number of rotatable bonds is 6. The monoisotopic (exact) mass is 356 g/mol. The fourth-order valence-corrected chi connectivity index (χ4v) is 4.31.